The number of anilines is 1. The first-order valence-electron chi connectivity index (χ1n) is 6.39. The van der Waals surface area contributed by atoms with Gasteiger partial charge in [-0.1, -0.05) is 35.9 Å². The third kappa shape index (κ3) is 3.00. The molecule has 0 aliphatic carbocycles. The van der Waals surface area contributed by atoms with Crippen molar-refractivity contribution in [1.29, 1.82) is 0 Å². The summed E-state index contributed by atoms with van der Waals surface area (Å²) in [5.41, 5.74) is 4.43. The minimum Gasteiger partial charge on any atom is -0.381 e. The molecule has 2 aromatic carbocycles. The molecule has 0 aliphatic heterocycles. The maximum atomic E-state index is 5.87. The molecule has 0 amide bonds. The lowest BCUT2D eigenvalue weighted by molar-refractivity contribution is 1.09. The van der Waals surface area contributed by atoms with E-state index >= 15 is 0 Å². The van der Waals surface area contributed by atoms with E-state index in [4.69, 9.17) is 11.6 Å². The summed E-state index contributed by atoms with van der Waals surface area (Å²) in [5.74, 6) is 0. The van der Waals surface area contributed by atoms with Crippen LogP contribution in [-0.2, 0) is 6.54 Å². The van der Waals surface area contributed by atoms with Crippen LogP contribution in [0.3, 0.4) is 0 Å². The molecule has 100 valence electrons. The van der Waals surface area contributed by atoms with Crippen molar-refractivity contribution in [3.63, 3.8) is 0 Å². The molecule has 1 aromatic heterocycles. The minimum absolute atomic E-state index is 0.762. The Balaban J connectivity index is 1.65. The summed E-state index contributed by atoms with van der Waals surface area (Å²) in [5, 5.41) is 11.1. The zero-order valence-electron chi connectivity index (χ0n) is 10.8. The normalized spacial score (nSPS) is 10.4. The van der Waals surface area contributed by atoms with Crippen molar-refractivity contribution in [2.24, 2.45) is 0 Å². The fourth-order valence-corrected chi connectivity index (χ4v) is 2.12. The van der Waals surface area contributed by atoms with Gasteiger partial charge in [-0.25, -0.2) is 0 Å². The van der Waals surface area contributed by atoms with Crippen LogP contribution in [0.4, 0.5) is 5.69 Å². The number of hydrogen-bond acceptors (Lipinski definition) is 2. The van der Waals surface area contributed by atoms with Crippen LogP contribution >= 0.6 is 11.6 Å². The summed E-state index contributed by atoms with van der Waals surface area (Å²) in [6, 6.07) is 18.1. The van der Waals surface area contributed by atoms with E-state index in [1.165, 1.54) is 5.56 Å². The predicted molar refractivity (Wildman–Crippen MR) is 82.8 cm³/mol. The van der Waals surface area contributed by atoms with Gasteiger partial charge in [0.05, 0.1) is 5.69 Å². The molecular formula is C16H14ClN3. The summed E-state index contributed by atoms with van der Waals surface area (Å²) in [4.78, 5) is 0. The Morgan fingerprint density at radius 3 is 2.35 bits per heavy atom. The molecule has 0 unspecified atom stereocenters. The largest absolute Gasteiger partial charge is 0.381 e. The Labute approximate surface area is 122 Å². The Bertz CT molecular complexity index is 658. The summed E-state index contributed by atoms with van der Waals surface area (Å²) in [6.45, 7) is 0.778. The van der Waals surface area contributed by atoms with Gasteiger partial charge in [-0.2, -0.15) is 5.10 Å². The molecular weight excluding hydrogens is 270 g/mol. The highest BCUT2D eigenvalue weighted by atomic mass is 35.5. The molecule has 4 heteroatoms. The molecule has 20 heavy (non-hydrogen) atoms. The molecule has 0 bridgehead atoms. The van der Waals surface area contributed by atoms with Crippen LogP contribution in [0.25, 0.3) is 11.3 Å². The van der Waals surface area contributed by atoms with Crippen LogP contribution in [0.1, 0.15) is 5.56 Å². The summed E-state index contributed by atoms with van der Waals surface area (Å²) in [6.07, 6.45) is 1.75. The molecule has 0 radical (unpaired) electrons. The van der Waals surface area contributed by atoms with Gasteiger partial charge in [0.25, 0.3) is 0 Å². The third-order valence-electron chi connectivity index (χ3n) is 3.11. The number of benzene rings is 2. The number of aromatic amines is 1. The summed E-state index contributed by atoms with van der Waals surface area (Å²) >= 11 is 5.87. The number of nitrogens with one attached hydrogen (secondary N) is 2. The topological polar surface area (TPSA) is 40.7 Å². The van der Waals surface area contributed by atoms with E-state index in [2.05, 4.69) is 39.8 Å². The average molecular weight is 284 g/mol. The minimum atomic E-state index is 0.762. The van der Waals surface area contributed by atoms with Gasteiger partial charge in [0, 0.05) is 23.5 Å². The first kappa shape index (κ1) is 12.8. The second kappa shape index (κ2) is 5.80. The molecule has 0 saturated heterocycles. The van der Waals surface area contributed by atoms with Crippen molar-refractivity contribution < 1.29 is 0 Å². The zero-order chi connectivity index (χ0) is 13.8. The van der Waals surface area contributed by atoms with Crippen LogP contribution in [0, 0.1) is 0 Å². The second-order valence-corrected chi connectivity index (χ2v) is 4.96. The van der Waals surface area contributed by atoms with E-state index < -0.39 is 0 Å². The van der Waals surface area contributed by atoms with Crippen molar-refractivity contribution in [3.8, 4) is 11.3 Å². The van der Waals surface area contributed by atoms with Crippen molar-refractivity contribution in [2.75, 3.05) is 5.32 Å². The number of H-pyrrole nitrogens is 1. The van der Waals surface area contributed by atoms with Gasteiger partial charge in [0.1, 0.15) is 0 Å². The van der Waals surface area contributed by atoms with Gasteiger partial charge in [-0.3, -0.25) is 5.10 Å². The number of halogens is 1. The summed E-state index contributed by atoms with van der Waals surface area (Å²) in [7, 11) is 0. The molecule has 2 N–H and O–H groups in total. The zero-order valence-corrected chi connectivity index (χ0v) is 11.6. The van der Waals surface area contributed by atoms with Gasteiger partial charge >= 0.3 is 0 Å². The highest BCUT2D eigenvalue weighted by molar-refractivity contribution is 6.30. The number of nitrogens with zero attached hydrogens (tertiary/aromatic N) is 1. The van der Waals surface area contributed by atoms with E-state index in [1.807, 2.05) is 30.3 Å². The molecule has 0 atom stereocenters. The predicted octanol–water partition coefficient (Wildman–Crippen LogP) is 4.34. The highest BCUT2D eigenvalue weighted by Crippen LogP contribution is 2.19. The molecule has 3 aromatic rings. The molecule has 0 spiro atoms. The Kier molecular flexibility index (Phi) is 3.70. The Hall–Kier alpha value is -2.26. The third-order valence-corrected chi connectivity index (χ3v) is 3.36. The van der Waals surface area contributed by atoms with E-state index in [9.17, 15) is 0 Å². The maximum absolute atomic E-state index is 5.87. The smallest absolute Gasteiger partial charge is 0.0650 e. The fourth-order valence-electron chi connectivity index (χ4n) is 1.99. The number of aromatic nitrogens is 2. The van der Waals surface area contributed by atoms with Crippen LogP contribution in [0.5, 0.6) is 0 Å². The van der Waals surface area contributed by atoms with Crippen LogP contribution in [0.2, 0.25) is 5.02 Å². The highest BCUT2D eigenvalue weighted by Gasteiger charge is 1.99. The van der Waals surface area contributed by atoms with Gasteiger partial charge in [0.15, 0.2) is 0 Å². The Morgan fingerprint density at radius 2 is 1.70 bits per heavy atom. The van der Waals surface area contributed by atoms with Crippen LogP contribution in [0.15, 0.2) is 60.8 Å². The molecule has 1 heterocycles. The van der Waals surface area contributed by atoms with Crippen molar-refractivity contribution in [2.45, 2.75) is 6.54 Å². The van der Waals surface area contributed by atoms with Crippen molar-refractivity contribution >= 4 is 17.3 Å². The monoisotopic (exact) mass is 283 g/mol. The lowest BCUT2D eigenvalue weighted by atomic mass is 10.1. The Morgan fingerprint density at radius 1 is 0.950 bits per heavy atom. The van der Waals surface area contributed by atoms with Gasteiger partial charge in [0.2, 0.25) is 0 Å². The van der Waals surface area contributed by atoms with Crippen molar-refractivity contribution in [3.05, 3.63) is 71.4 Å². The molecule has 0 saturated carbocycles. The number of hydrogen-bond donors (Lipinski definition) is 2. The maximum Gasteiger partial charge on any atom is 0.0650 e. The van der Waals surface area contributed by atoms with E-state index in [0.29, 0.717) is 0 Å². The first-order chi connectivity index (χ1) is 9.81. The standard InChI is InChI=1S/C16H14ClN3/c17-14-5-1-12(2-6-14)11-18-15-7-3-13(4-8-15)16-9-10-19-20-16/h1-10,18H,11H2,(H,19,20). The van der Waals surface area contributed by atoms with Gasteiger partial charge in [-0.05, 0) is 41.5 Å². The van der Waals surface area contributed by atoms with E-state index in [1.54, 1.807) is 6.20 Å². The van der Waals surface area contributed by atoms with Crippen molar-refractivity contribution in [1.82, 2.24) is 10.2 Å². The quantitative estimate of drug-likeness (QED) is 0.748. The lowest BCUT2D eigenvalue weighted by Crippen LogP contribution is -1.98. The van der Waals surface area contributed by atoms with Gasteiger partial charge < -0.3 is 5.32 Å². The SMILES string of the molecule is Clc1ccc(CNc2ccc(-c3ccn[nH]3)cc2)cc1. The molecule has 3 nitrogen and oxygen atoms in total. The first-order valence-corrected chi connectivity index (χ1v) is 6.77. The van der Waals surface area contributed by atoms with Crippen LogP contribution < -0.4 is 5.32 Å². The molecule has 3 rings (SSSR count). The average Bonchev–Trinajstić information content (AvgIpc) is 3.01. The van der Waals surface area contributed by atoms with Crippen LogP contribution in [-0.4, -0.2) is 10.2 Å². The molecule has 0 aliphatic rings. The number of rotatable bonds is 4. The molecule has 0 fully saturated rings. The lowest BCUT2D eigenvalue weighted by Gasteiger charge is -2.07. The van der Waals surface area contributed by atoms with E-state index in [0.717, 1.165) is 28.5 Å². The van der Waals surface area contributed by atoms with E-state index in [-0.39, 0.29) is 0 Å². The summed E-state index contributed by atoms with van der Waals surface area (Å²) < 4.78 is 0. The second-order valence-electron chi connectivity index (χ2n) is 4.53. The van der Waals surface area contributed by atoms with Gasteiger partial charge in [-0.15, -0.1) is 0 Å². The fraction of sp³-hybridized carbons (Fsp3) is 0.0625.